The number of halogens is 2. The molecule has 0 unspecified atom stereocenters. The predicted octanol–water partition coefficient (Wildman–Crippen LogP) is 3.07. The second-order valence-corrected chi connectivity index (χ2v) is 4.06. The van der Waals surface area contributed by atoms with E-state index in [0.29, 0.717) is 6.61 Å². The summed E-state index contributed by atoms with van der Waals surface area (Å²) in [6, 6.07) is 10.3. The van der Waals surface area contributed by atoms with Gasteiger partial charge in [0.15, 0.2) is 0 Å². The fourth-order valence-corrected chi connectivity index (χ4v) is 2.09. The van der Waals surface area contributed by atoms with Crippen molar-refractivity contribution < 1.29 is 4.74 Å². The number of rotatable bonds is 1. The highest BCUT2D eigenvalue weighted by atomic mass is 35.5. The Hall–Kier alpha value is -1.29. The van der Waals surface area contributed by atoms with Gasteiger partial charge in [-0.2, -0.15) is 0 Å². The summed E-state index contributed by atoms with van der Waals surface area (Å²) in [6.07, 6.45) is 3.66. The van der Waals surface area contributed by atoms with E-state index in [9.17, 15) is 0 Å². The SMILES string of the molecule is Cl.Cl.c1cncc(-c2cccc3c2OCCNC3)c1. The molecular formula is C14H16Cl2N2O. The van der Waals surface area contributed by atoms with E-state index in [1.54, 1.807) is 6.20 Å². The smallest absolute Gasteiger partial charge is 0.131 e. The lowest BCUT2D eigenvalue weighted by molar-refractivity contribution is 0.327. The molecule has 5 heteroatoms. The lowest BCUT2D eigenvalue weighted by Gasteiger charge is -2.12. The topological polar surface area (TPSA) is 34.1 Å². The summed E-state index contributed by atoms with van der Waals surface area (Å²) >= 11 is 0. The van der Waals surface area contributed by atoms with Crippen molar-refractivity contribution >= 4 is 24.8 Å². The number of para-hydroxylation sites is 1. The number of nitrogens with one attached hydrogen (secondary N) is 1. The number of aromatic nitrogens is 1. The molecule has 1 N–H and O–H groups in total. The first-order valence-electron chi connectivity index (χ1n) is 5.81. The van der Waals surface area contributed by atoms with Gasteiger partial charge in [-0.3, -0.25) is 4.98 Å². The van der Waals surface area contributed by atoms with Crippen molar-refractivity contribution in [1.82, 2.24) is 10.3 Å². The number of ether oxygens (including phenoxy) is 1. The average molecular weight is 299 g/mol. The maximum atomic E-state index is 5.84. The molecular weight excluding hydrogens is 283 g/mol. The summed E-state index contributed by atoms with van der Waals surface area (Å²) in [5.74, 6) is 0.991. The normalized spacial score (nSPS) is 13.1. The van der Waals surface area contributed by atoms with Gasteiger partial charge in [-0.25, -0.2) is 0 Å². The van der Waals surface area contributed by atoms with Gasteiger partial charge in [-0.1, -0.05) is 24.3 Å². The van der Waals surface area contributed by atoms with E-state index in [4.69, 9.17) is 4.74 Å². The van der Waals surface area contributed by atoms with Crippen LogP contribution < -0.4 is 10.1 Å². The molecule has 1 aliphatic rings. The Labute approximate surface area is 125 Å². The van der Waals surface area contributed by atoms with Gasteiger partial charge >= 0.3 is 0 Å². The van der Waals surface area contributed by atoms with Gasteiger partial charge in [0.1, 0.15) is 12.4 Å². The molecule has 1 aromatic heterocycles. The van der Waals surface area contributed by atoms with Crippen LogP contribution in [0.1, 0.15) is 5.56 Å². The zero-order valence-electron chi connectivity index (χ0n) is 10.3. The molecule has 1 aromatic carbocycles. The molecule has 0 spiro atoms. The molecule has 3 nitrogen and oxygen atoms in total. The van der Waals surface area contributed by atoms with Crippen LogP contribution in [-0.2, 0) is 6.54 Å². The number of benzene rings is 1. The molecule has 19 heavy (non-hydrogen) atoms. The molecule has 0 radical (unpaired) electrons. The highest BCUT2D eigenvalue weighted by Gasteiger charge is 2.13. The quantitative estimate of drug-likeness (QED) is 0.878. The first kappa shape index (κ1) is 15.8. The summed E-state index contributed by atoms with van der Waals surface area (Å²) in [5.41, 5.74) is 3.44. The second kappa shape index (κ2) is 7.34. The number of nitrogens with zero attached hydrogens (tertiary/aromatic N) is 1. The van der Waals surface area contributed by atoms with E-state index < -0.39 is 0 Å². The Morgan fingerprint density at radius 3 is 2.79 bits per heavy atom. The molecule has 0 fully saturated rings. The van der Waals surface area contributed by atoms with Crippen LogP contribution in [0.2, 0.25) is 0 Å². The van der Waals surface area contributed by atoms with Crippen molar-refractivity contribution in [2.24, 2.45) is 0 Å². The highest BCUT2D eigenvalue weighted by molar-refractivity contribution is 5.85. The van der Waals surface area contributed by atoms with Crippen molar-refractivity contribution in [2.75, 3.05) is 13.2 Å². The first-order valence-corrected chi connectivity index (χ1v) is 5.81. The predicted molar refractivity (Wildman–Crippen MR) is 81.4 cm³/mol. The Bertz CT molecular complexity index is 520. The van der Waals surface area contributed by atoms with Crippen molar-refractivity contribution in [3.63, 3.8) is 0 Å². The highest BCUT2D eigenvalue weighted by Crippen LogP contribution is 2.33. The number of fused-ring (bicyclic) bond motifs is 1. The largest absolute Gasteiger partial charge is 0.491 e. The zero-order valence-corrected chi connectivity index (χ0v) is 12.0. The van der Waals surface area contributed by atoms with Crippen LogP contribution >= 0.6 is 24.8 Å². The second-order valence-electron chi connectivity index (χ2n) is 4.06. The maximum Gasteiger partial charge on any atom is 0.131 e. The number of hydrogen-bond acceptors (Lipinski definition) is 3. The Morgan fingerprint density at radius 1 is 1.11 bits per heavy atom. The average Bonchev–Trinajstić information content (AvgIpc) is 2.64. The molecule has 1 aliphatic heterocycles. The van der Waals surface area contributed by atoms with Gasteiger partial charge in [0, 0.05) is 42.2 Å². The Morgan fingerprint density at radius 2 is 2.00 bits per heavy atom. The minimum atomic E-state index is 0. The van der Waals surface area contributed by atoms with Crippen LogP contribution in [-0.4, -0.2) is 18.1 Å². The fraction of sp³-hybridized carbons (Fsp3) is 0.214. The summed E-state index contributed by atoms with van der Waals surface area (Å²) in [6.45, 7) is 2.47. The third-order valence-corrected chi connectivity index (χ3v) is 2.91. The standard InChI is InChI=1S/C14H14N2O.2ClH/c1-3-12-10-16-7-8-17-14(12)13(5-1)11-4-2-6-15-9-11;;/h1-6,9,16H,7-8,10H2;2*1H. The van der Waals surface area contributed by atoms with E-state index in [1.165, 1.54) is 5.56 Å². The fourth-order valence-electron chi connectivity index (χ4n) is 2.09. The molecule has 0 aliphatic carbocycles. The molecule has 0 saturated carbocycles. The van der Waals surface area contributed by atoms with E-state index in [-0.39, 0.29) is 24.8 Å². The lowest BCUT2D eigenvalue weighted by atomic mass is 10.0. The van der Waals surface area contributed by atoms with Crippen molar-refractivity contribution in [3.8, 4) is 16.9 Å². The zero-order chi connectivity index (χ0) is 11.5. The van der Waals surface area contributed by atoms with Gasteiger partial charge < -0.3 is 10.1 Å². The summed E-state index contributed by atoms with van der Waals surface area (Å²) < 4.78 is 5.84. The summed E-state index contributed by atoms with van der Waals surface area (Å²) in [7, 11) is 0. The van der Waals surface area contributed by atoms with Gasteiger partial charge in [0.2, 0.25) is 0 Å². The van der Waals surface area contributed by atoms with Crippen LogP contribution in [0.15, 0.2) is 42.7 Å². The van der Waals surface area contributed by atoms with Crippen LogP contribution in [0.25, 0.3) is 11.1 Å². The molecule has 0 amide bonds. The Balaban J connectivity index is 0.000000902. The monoisotopic (exact) mass is 298 g/mol. The third kappa shape index (κ3) is 3.38. The van der Waals surface area contributed by atoms with Gasteiger partial charge in [-0.15, -0.1) is 24.8 Å². The minimum absolute atomic E-state index is 0. The van der Waals surface area contributed by atoms with E-state index >= 15 is 0 Å². The van der Waals surface area contributed by atoms with Crippen molar-refractivity contribution in [2.45, 2.75) is 6.54 Å². The minimum Gasteiger partial charge on any atom is -0.491 e. The molecule has 0 saturated heterocycles. The van der Waals surface area contributed by atoms with Crippen molar-refractivity contribution in [3.05, 3.63) is 48.3 Å². The molecule has 0 bridgehead atoms. The molecule has 3 rings (SSSR count). The molecule has 102 valence electrons. The number of hydrogen-bond donors (Lipinski definition) is 1. The lowest BCUT2D eigenvalue weighted by Crippen LogP contribution is -2.16. The van der Waals surface area contributed by atoms with Crippen LogP contribution in [0.4, 0.5) is 0 Å². The van der Waals surface area contributed by atoms with E-state index in [2.05, 4.69) is 34.6 Å². The molecule has 0 atom stereocenters. The third-order valence-electron chi connectivity index (χ3n) is 2.91. The number of pyridine rings is 1. The van der Waals surface area contributed by atoms with Crippen LogP contribution in [0.5, 0.6) is 5.75 Å². The summed E-state index contributed by atoms with van der Waals surface area (Å²) in [4.78, 5) is 4.16. The first-order chi connectivity index (χ1) is 8.45. The molecule has 2 aromatic rings. The van der Waals surface area contributed by atoms with E-state index in [0.717, 1.165) is 30.0 Å². The Kier molecular flexibility index (Phi) is 6.09. The van der Waals surface area contributed by atoms with E-state index in [1.807, 2.05) is 12.3 Å². The van der Waals surface area contributed by atoms with Crippen LogP contribution in [0, 0.1) is 0 Å². The van der Waals surface area contributed by atoms with Gasteiger partial charge in [0.25, 0.3) is 0 Å². The maximum absolute atomic E-state index is 5.84. The van der Waals surface area contributed by atoms with Crippen LogP contribution in [0.3, 0.4) is 0 Å². The summed E-state index contributed by atoms with van der Waals surface area (Å²) in [5, 5.41) is 3.34. The van der Waals surface area contributed by atoms with Gasteiger partial charge in [-0.05, 0) is 6.07 Å². The van der Waals surface area contributed by atoms with Gasteiger partial charge in [0.05, 0.1) is 0 Å². The molecule has 2 heterocycles. The van der Waals surface area contributed by atoms with Crippen molar-refractivity contribution in [1.29, 1.82) is 0 Å².